The number of ether oxygens (including phenoxy) is 2. The van der Waals surface area contributed by atoms with Crippen molar-refractivity contribution in [1.82, 2.24) is 0 Å². The summed E-state index contributed by atoms with van der Waals surface area (Å²) in [7, 11) is 0. The Hall–Kier alpha value is -3.13. The van der Waals surface area contributed by atoms with Gasteiger partial charge in [-0.15, -0.1) is 0 Å². The van der Waals surface area contributed by atoms with Crippen molar-refractivity contribution in [1.29, 1.82) is 5.26 Å². The van der Waals surface area contributed by atoms with E-state index >= 15 is 0 Å². The van der Waals surface area contributed by atoms with Crippen LogP contribution in [0.5, 0.6) is 11.5 Å². The van der Waals surface area contributed by atoms with Crippen LogP contribution in [0.3, 0.4) is 0 Å². The number of benzene rings is 2. The third kappa shape index (κ3) is 8.38. The maximum absolute atomic E-state index is 12.4. The quantitative estimate of drug-likeness (QED) is 0.186. The topological polar surface area (TPSA) is 76.4 Å². The van der Waals surface area contributed by atoms with Gasteiger partial charge in [-0.05, 0) is 68.1 Å². The molecule has 0 saturated carbocycles. The predicted octanol–water partition coefficient (Wildman–Crippen LogP) is 7.04. The normalized spacial score (nSPS) is 12.4. The largest absolute Gasteiger partial charge is 0.425 e. The second kappa shape index (κ2) is 13.4. The van der Waals surface area contributed by atoms with Crippen LogP contribution >= 0.6 is 0 Å². The summed E-state index contributed by atoms with van der Waals surface area (Å²) >= 11 is 0. The molecule has 0 aliphatic heterocycles. The van der Waals surface area contributed by atoms with Crippen LogP contribution in [-0.4, -0.2) is 11.9 Å². The second-order valence-electron chi connectivity index (χ2n) is 8.66. The SMILES string of the molecule is CCCCCCCCc1ccc(C(=O)Oc2ccc(OC(=O)C(C)(C#N)CCC)cc2)cc1. The van der Waals surface area contributed by atoms with Crippen LogP contribution in [0, 0.1) is 16.7 Å². The molecule has 0 heterocycles. The number of nitriles is 1. The van der Waals surface area contributed by atoms with Crippen LogP contribution in [0.25, 0.3) is 0 Å². The Morgan fingerprint density at radius 3 is 1.97 bits per heavy atom. The number of nitrogens with zero attached hydrogens (tertiary/aromatic N) is 1. The van der Waals surface area contributed by atoms with E-state index in [0.717, 1.165) is 12.8 Å². The first-order chi connectivity index (χ1) is 15.9. The van der Waals surface area contributed by atoms with Gasteiger partial charge < -0.3 is 9.47 Å². The van der Waals surface area contributed by atoms with Crippen LogP contribution in [0.2, 0.25) is 0 Å². The summed E-state index contributed by atoms with van der Waals surface area (Å²) in [5.41, 5.74) is 0.531. The van der Waals surface area contributed by atoms with Gasteiger partial charge in [0, 0.05) is 0 Å². The van der Waals surface area contributed by atoms with Crippen molar-refractivity contribution in [2.75, 3.05) is 0 Å². The predicted molar refractivity (Wildman–Crippen MR) is 129 cm³/mol. The fourth-order valence-corrected chi connectivity index (χ4v) is 3.58. The molecule has 0 saturated heterocycles. The molecule has 176 valence electrons. The number of carbonyl (C=O) groups is 2. The lowest BCUT2D eigenvalue weighted by atomic mass is 9.87. The van der Waals surface area contributed by atoms with Crippen molar-refractivity contribution in [3.63, 3.8) is 0 Å². The van der Waals surface area contributed by atoms with Gasteiger partial charge in [0.15, 0.2) is 5.41 Å². The molecule has 0 spiro atoms. The maximum Gasteiger partial charge on any atom is 0.343 e. The van der Waals surface area contributed by atoms with E-state index in [2.05, 4.69) is 6.92 Å². The Balaban J connectivity index is 1.85. The van der Waals surface area contributed by atoms with Crippen LogP contribution in [0.15, 0.2) is 48.5 Å². The minimum Gasteiger partial charge on any atom is -0.425 e. The van der Waals surface area contributed by atoms with Gasteiger partial charge in [-0.1, -0.05) is 64.5 Å². The fraction of sp³-hybridized carbons (Fsp3) is 0.464. The number of esters is 2. The molecule has 0 aromatic heterocycles. The number of carbonyl (C=O) groups excluding carboxylic acids is 2. The van der Waals surface area contributed by atoms with E-state index in [-0.39, 0.29) is 0 Å². The molecule has 0 aliphatic rings. The van der Waals surface area contributed by atoms with Crippen molar-refractivity contribution in [2.45, 2.75) is 78.6 Å². The highest BCUT2D eigenvalue weighted by molar-refractivity contribution is 5.91. The Kier molecular flexibility index (Phi) is 10.6. The lowest BCUT2D eigenvalue weighted by molar-refractivity contribution is -0.142. The van der Waals surface area contributed by atoms with Gasteiger partial charge in [0.05, 0.1) is 11.6 Å². The van der Waals surface area contributed by atoms with Crippen LogP contribution in [-0.2, 0) is 11.2 Å². The van der Waals surface area contributed by atoms with Crippen LogP contribution in [0.1, 0.15) is 88.1 Å². The number of unbranched alkanes of at least 4 members (excludes halogenated alkanes) is 5. The van der Waals surface area contributed by atoms with E-state index in [1.54, 1.807) is 43.3 Å². The average Bonchev–Trinajstić information content (AvgIpc) is 2.83. The molecule has 0 bridgehead atoms. The summed E-state index contributed by atoms with van der Waals surface area (Å²) in [5, 5.41) is 9.31. The Morgan fingerprint density at radius 2 is 1.39 bits per heavy atom. The highest BCUT2D eigenvalue weighted by Crippen LogP contribution is 2.26. The number of hydrogen-bond donors (Lipinski definition) is 0. The molecular formula is C28H35NO4. The van der Waals surface area contributed by atoms with E-state index in [9.17, 15) is 14.9 Å². The van der Waals surface area contributed by atoms with Crippen molar-refractivity contribution in [3.05, 3.63) is 59.7 Å². The summed E-state index contributed by atoms with van der Waals surface area (Å²) in [6, 6.07) is 15.8. The highest BCUT2D eigenvalue weighted by atomic mass is 16.5. The van der Waals surface area contributed by atoms with Crippen LogP contribution < -0.4 is 9.47 Å². The molecule has 2 rings (SSSR count). The first-order valence-electron chi connectivity index (χ1n) is 12.0. The van der Waals surface area contributed by atoms with E-state index in [1.807, 2.05) is 25.1 Å². The summed E-state index contributed by atoms with van der Waals surface area (Å²) in [4.78, 5) is 24.8. The van der Waals surface area contributed by atoms with E-state index < -0.39 is 17.4 Å². The molecule has 0 radical (unpaired) electrons. The molecule has 2 aromatic carbocycles. The first-order valence-corrected chi connectivity index (χ1v) is 12.0. The molecule has 5 nitrogen and oxygen atoms in total. The summed E-state index contributed by atoms with van der Waals surface area (Å²) < 4.78 is 10.8. The van der Waals surface area contributed by atoms with Gasteiger partial charge in [0.25, 0.3) is 0 Å². The van der Waals surface area contributed by atoms with Gasteiger partial charge in [0.1, 0.15) is 11.5 Å². The average molecular weight is 450 g/mol. The van der Waals surface area contributed by atoms with Crippen molar-refractivity contribution < 1.29 is 19.1 Å². The summed E-state index contributed by atoms with van der Waals surface area (Å²) in [5.74, 6) is -0.368. The second-order valence-corrected chi connectivity index (χ2v) is 8.66. The lowest BCUT2D eigenvalue weighted by Gasteiger charge is -2.18. The molecule has 0 N–H and O–H groups in total. The first kappa shape index (κ1) is 26.1. The van der Waals surface area contributed by atoms with Gasteiger partial charge in [-0.2, -0.15) is 5.26 Å². The zero-order valence-corrected chi connectivity index (χ0v) is 20.1. The van der Waals surface area contributed by atoms with Gasteiger partial charge in [0.2, 0.25) is 0 Å². The number of hydrogen-bond acceptors (Lipinski definition) is 5. The standard InChI is InChI=1S/C28H35NO4/c1-4-6-7-8-9-10-11-22-12-14-23(15-13-22)26(30)32-24-16-18-25(19-17-24)33-27(31)28(3,21-29)20-5-2/h12-19H,4-11,20H2,1-3H3. The Morgan fingerprint density at radius 1 is 0.818 bits per heavy atom. The molecule has 5 heteroatoms. The molecule has 33 heavy (non-hydrogen) atoms. The van der Waals surface area contributed by atoms with Gasteiger partial charge in [-0.25, -0.2) is 9.59 Å². The molecule has 0 aliphatic carbocycles. The monoisotopic (exact) mass is 449 g/mol. The van der Waals surface area contributed by atoms with Gasteiger partial charge in [-0.3, -0.25) is 0 Å². The molecule has 2 aromatic rings. The van der Waals surface area contributed by atoms with E-state index in [1.165, 1.54) is 37.7 Å². The Bertz CT molecular complexity index is 928. The number of rotatable bonds is 13. The molecule has 0 amide bonds. The zero-order chi connectivity index (χ0) is 24.1. The van der Waals surface area contributed by atoms with E-state index in [4.69, 9.17) is 9.47 Å². The maximum atomic E-state index is 12.4. The third-order valence-corrected chi connectivity index (χ3v) is 5.70. The van der Waals surface area contributed by atoms with Gasteiger partial charge >= 0.3 is 11.9 Å². The molecular weight excluding hydrogens is 414 g/mol. The minimum atomic E-state index is -1.18. The molecule has 0 fully saturated rings. The lowest BCUT2D eigenvalue weighted by Crippen LogP contribution is -2.30. The summed E-state index contributed by atoms with van der Waals surface area (Å²) in [6.07, 6.45) is 9.71. The Labute approximate surface area is 197 Å². The summed E-state index contributed by atoms with van der Waals surface area (Å²) in [6.45, 7) is 5.71. The van der Waals surface area contributed by atoms with Crippen molar-refractivity contribution >= 4 is 11.9 Å². The molecule has 1 unspecified atom stereocenters. The van der Waals surface area contributed by atoms with Crippen LogP contribution in [0.4, 0.5) is 0 Å². The van der Waals surface area contributed by atoms with Crippen molar-refractivity contribution in [3.8, 4) is 17.6 Å². The smallest absolute Gasteiger partial charge is 0.343 e. The molecule has 1 atom stereocenters. The highest BCUT2D eigenvalue weighted by Gasteiger charge is 2.34. The number of aryl methyl sites for hydroxylation is 1. The fourth-order valence-electron chi connectivity index (χ4n) is 3.58. The third-order valence-electron chi connectivity index (χ3n) is 5.70. The minimum absolute atomic E-state index is 0.302. The van der Waals surface area contributed by atoms with Crippen molar-refractivity contribution in [2.24, 2.45) is 5.41 Å². The van der Waals surface area contributed by atoms with E-state index in [0.29, 0.717) is 29.9 Å². The zero-order valence-electron chi connectivity index (χ0n) is 20.1.